The number of allylic oxidation sites excluding steroid dienone is 1. The molecule has 0 atom stereocenters. The molecule has 0 spiro atoms. The van der Waals surface area contributed by atoms with Crippen LogP contribution in [0.2, 0.25) is 0 Å². The van der Waals surface area contributed by atoms with Crippen molar-refractivity contribution in [1.82, 2.24) is 0 Å². The number of carbonyl (C=O) groups is 2. The molecule has 0 fully saturated rings. The summed E-state index contributed by atoms with van der Waals surface area (Å²) in [4.78, 5) is 25.1. The Morgan fingerprint density at radius 3 is 2.54 bits per heavy atom. The fourth-order valence-corrected chi connectivity index (χ4v) is 3.88. The molecule has 0 radical (unpaired) electrons. The number of fused-ring (bicyclic) bond motifs is 3. The number of hydrogen-bond acceptors (Lipinski definition) is 8. The van der Waals surface area contributed by atoms with Crippen molar-refractivity contribution >= 4 is 23.5 Å². The highest BCUT2D eigenvalue weighted by atomic mass is 16.7. The summed E-state index contributed by atoms with van der Waals surface area (Å²) in [6.07, 6.45) is 1.64. The van der Waals surface area contributed by atoms with Crippen LogP contribution in [0.1, 0.15) is 15.9 Å². The second kappa shape index (κ2) is 8.60. The normalized spacial score (nSPS) is 16.0. The quantitative estimate of drug-likeness (QED) is 0.558. The van der Waals surface area contributed by atoms with Gasteiger partial charge in [-0.25, -0.2) is 0 Å². The van der Waals surface area contributed by atoms with Crippen molar-refractivity contribution in [3.05, 3.63) is 71.5 Å². The molecule has 0 saturated carbocycles. The Kier molecular flexibility index (Phi) is 5.14. The molecule has 0 aliphatic carbocycles. The molecular formula is C26H19NO8. The zero-order chi connectivity index (χ0) is 23.8. The maximum absolute atomic E-state index is 12.7. The molecule has 176 valence electrons. The highest BCUT2D eigenvalue weighted by molar-refractivity contribution is 6.14. The van der Waals surface area contributed by atoms with Gasteiger partial charge in [-0.2, -0.15) is 0 Å². The number of benzene rings is 3. The van der Waals surface area contributed by atoms with Gasteiger partial charge in [-0.15, -0.1) is 0 Å². The van der Waals surface area contributed by atoms with Crippen molar-refractivity contribution in [2.75, 3.05) is 31.9 Å². The molecule has 1 amide bonds. The number of rotatable bonds is 5. The summed E-state index contributed by atoms with van der Waals surface area (Å²) in [6, 6.07) is 15.4. The third-order valence-electron chi connectivity index (χ3n) is 5.53. The van der Waals surface area contributed by atoms with E-state index in [9.17, 15) is 9.59 Å². The van der Waals surface area contributed by atoms with Crippen LogP contribution in [0.3, 0.4) is 0 Å². The number of ketones is 1. The average Bonchev–Trinajstić information content (AvgIpc) is 3.46. The lowest BCUT2D eigenvalue weighted by molar-refractivity contribution is -0.118. The maximum atomic E-state index is 12.7. The lowest BCUT2D eigenvalue weighted by Crippen LogP contribution is -2.20. The molecule has 1 N–H and O–H groups in total. The van der Waals surface area contributed by atoms with E-state index in [1.807, 2.05) is 6.07 Å². The topological polar surface area (TPSA) is 102 Å². The van der Waals surface area contributed by atoms with E-state index in [4.69, 9.17) is 28.4 Å². The maximum Gasteiger partial charge on any atom is 0.262 e. The van der Waals surface area contributed by atoms with Crippen molar-refractivity contribution in [3.8, 4) is 34.5 Å². The van der Waals surface area contributed by atoms with Gasteiger partial charge < -0.3 is 33.7 Å². The van der Waals surface area contributed by atoms with Crippen molar-refractivity contribution in [2.45, 2.75) is 0 Å². The monoisotopic (exact) mass is 473 g/mol. The van der Waals surface area contributed by atoms with Crippen molar-refractivity contribution in [1.29, 1.82) is 0 Å². The Hall–Kier alpha value is -4.66. The van der Waals surface area contributed by atoms with Crippen molar-refractivity contribution in [3.63, 3.8) is 0 Å². The van der Waals surface area contributed by atoms with E-state index in [0.29, 0.717) is 59.0 Å². The summed E-state index contributed by atoms with van der Waals surface area (Å²) in [5.41, 5.74) is 1.74. The van der Waals surface area contributed by atoms with Gasteiger partial charge in [0, 0.05) is 17.8 Å². The Bertz CT molecular complexity index is 1380. The Morgan fingerprint density at radius 2 is 1.63 bits per heavy atom. The number of nitrogens with one attached hydrogen (secondary N) is 1. The summed E-state index contributed by atoms with van der Waals surface area (Å²) < 4.78 is 33.1. The number of anilines is 1. The lowest BCUT2D eigenvalue weighted by Gasteiger charge is -2.19. The van der Waals surface area contributed by atoms with Crippen LogP contribution < -0.4 is 33.7 Å². The minimum absolute atomic E-state index is 0.174. The summed E-state index contributed by atoms with van der Waals surface area (Å²) in [5, 5.41) is 2.76. The molecule has 3 aliphatic rings. The Labute approximate surface area is 199 Å². The largest absolute Gasteiger partial charge is 0.486 e. The van der Waals surface area contributed by atoms with Crippen LogP contribution >= 0.6 is 0 Å². The van der Waals surface area contributed by atoms with Crippen LogP contribution in [-0.2, 0) is 4.79 Å². The molecule has 9 heteroatoms. The molecule has 3 heterocycles. The number of amides is 1. The van der Waals surface area contributed by atoms with Crippen molar-refractivity contribution in [2.24, 2.45) is 0 Å². The summed E-state index contributed by atoms with van der Waals surface area (Å²) >= 11 is 0. The first-order valence-corrected chi connectivity index (χ1v) is 10.9. The number of carbonyl (C=O) groups excluding carboxylic acids is 2. The van der Waals surface area contributed by atoms with Crippen LogP contribution in [0.15, 0.2) is 60.4 Å². The minimum Gasteiger partial charge on any atom is -0.486 e. The van der Waals surface area contributed by atoms with E-state index >= 15 is 0 Å². The van der Waals surface area contributed by atoms with Crippen LogP contribution in [0.5, 0.6) is 34.5 Å². The van der Waals surface area contributed by atoms with E-state index in [-0.39, 0.29) is 30.8 Å². The van der Waals surface area contributed by atoms with Gasteiger partial charge in [0.1, 0.15) is 24.7 Å². The predicted molar refractivity (Wildman–Crippen MR) is 123 cm³/mol. The zero-order valence-electron chi connectivity index (χ0n) is 18.4. The molecule has 0 saturated heterocycles. The molecule has 0 bridgehead atoms. The first kappa shape index (κ1) is 20.9. The third-order valence-corrected chi connectivity index (χ3v) is 5.53. The third kappa shape index (κ3) is 4.19. The number of ether oxygens (including phenoxy) is 6. The molecule has 35 heavy (non-hydrogen) atoms. The van der Waals surface area contributed by atoms with E-state index in [2.05, 4.69) is 5.32 Å². The lowest BCUT2D eigenvalue weighted by atomic mass is 10.1. The van der Waals surface area contributed by atoms with Crippen molar-refractivity contribution < 1.29 is 38.0 Å². The SMILES string of the molecule is O=C(COc1ccc2c(c1)OC(=Cc1ccc3c(c1)OCO3)C2=O)Nc1ccc2c(c1)OCCO2. The smallest absolute Gasteiger partial charge is 0.262 e. The Balaban J connectivity index is 1.10. The average molecular weight is 473 g/mol. The van der Waals surface area contributed by atoms with Gasteiger partial charge in [-0.1, -0.05) is 6.07 Å². The molecule has 6 rings (SSSR count). The number of Topliss-reactive ketones (excluding diaryl/α,β-unsaturated/α-hetero) is 1. The Morgan fingerprint density at radius 1 is 0.857 bits per heavy atom. The van der Waals surface area contributed by atoms with E-state index in [1.165, 1.54) is 0 Å². The molecule has 3 aromatic carbocycles. The zero-order valence-corrected chi connectivity index (χ0v) is 18.4. The van der Waals surface area contributed by atoms with Crippen LogP contribution in [0.25, 0.3) is 6.08 Å². The van der Waals surface area contributed by atoms with Gasteiger partial charge in [0.15, 0.2) is 35.4 Å². The predicted octanol–water partition coefficient (Wildman–Crippen LogP) is 3.82. The van der Waals surface area contributed by atoms with Gasteiger partial charge in [-0.3, -0.25) is 9.59 Å². The first-order chi connectivity index (χ1) is 17.1. The summed E-state index contributed by atoms with van der Waals surface area (Å²) in [6.45, 7) is 0.914. The highest BCUT2D eigenvalue weighted by Crippen LogP contribution is 2.37. The van der Waals surface area contributed by atoms with Gasteiger partial charge in [0.25, 0.3) is 5.91 Å². The minimum atomic E-state index is -0.345. The van der Waals surface area contributed by atoms with Gasteiger partial charge in [0.2, 0.25) is 12.6 Å². The van der Waals surface area contributed by atoms with Gasteiger partial charge >= 0.3 is 0 Å². The molecule has 9 nitrogen and oxygen atoms in total. The summed E-state index contributed by atoms with van der Waals surface area (Å²) in [7, 11) is 0. The fourth-order valence-electron chi connectivity index (χ4n) is 3.88. The summed E-state index contributed by atoms with van der Waals surface area (Å²) in [5.74, 6) is 2.88. The number of hydrogen-bond donors (Lipinski definition) is 1. The van der Waals surface area contributed by atoms with E-state index in [1.54, 1.807) is 54.6 Å². The molecule has 0 aromatic heterocycles. The van der Waals surface area contributed by atoms with Gasteiger partial charge in [-0.05, 0) is 48.0 Å². The molecule has 0 unspecified atom stereocenters. The van der Waals surface area contributed by atoms with E-state index < -0.39 is 0 Å². The van der Waals surface area contributed by atoms with Gasteiger partial charge in [0.05, 0.1) is 5.56 Å². The first-order valence-electron chi connectivity index (χ1n) is 10.9. The fraction of sp³-hybridized carbons (Fsp3) is 0.154. The molecule has 3 aromatic rings. The second-order valence-electron chi connectivity index (χ2n) is 7.91. The van der Waals surface area contributed by atoms with Crippen LogP contribution in [0, 0.1) is 0 Å². The molecular weight excluding hydrogens is 454 g/mol. The van der Waals surface area contributed by atoms with E-state index in [0.717, 1.165) is 5.56 Å². The highest BCUT2D eigenvalue weighted by Gasteiger charge is 2.28. The standard InChI is InChI=1S/C26H19NO8/c28-25(27-16-2-6-19-23(11-16)31-8-7-30-19)13-32-17-3-4-18-21(12-17)35-24(26(18)29)10-15-1-5-20-22(9-15)34-14-33-20/h1-6,9-12H,7-8,13-14H2,(H,27,28). The van der Waals surface area contributed by atoms with Crippen LogP contribution in [0.4, 0.5) is 5.69 Å². The van der Waals surface area contributed by atoms with Crippen LogP contribution in [-0.4, -0.2) is 38.3 Å². The molecule has 3 aliphatic heterocycles. The second-order valence-corrected chi connectivity index (χ2v) is 7.91.